The maximum absolute atomic E-state index is 11.5. The molecule has 0 unspecified atom stereocenters. The van der Waals surface area contributed by atoms with E-state index in [9.17, 15) is 4.79 Å². The van der Waals surface area contributed by atoms with E-state index in [1.807, 2.05) is 24.3 Å². The zero-order valence-corrected chi connectivity index (χ0v) is 12.3. The number of oxime groups is 1. The van der Waals surface area contributed by atoms with Crippen molar-refractivity contribution in [2.75, 3.05) is 6.61 Å². The van der Waals surface area contributed by atoms with Gasteiger partial charge in [-0.05, 0) is 50.3 Å². The van der Waals surface area contributed by atoms with Crippen molar-refractivity contribution in [3.05, 3.63) is 29.8 Å². The predicted molar refractivity (Wildman–Crippen MR) is 80.9 cm³/mol. The van der Waals surface area contributed by atoms with Gasteiger partial charge in [0.2, 0.25) is 5.91 Å². The molecule has 2 N–H and O–H groups in total. The van der Waals surface area contributed by atoms with Gasteiger partial charge in [0, 0.05) is 6.04 Å². The summed E-state index contributed by atoms with van der Waals surface area (Å²) in [6.45, 7) is 2.19. The molecule has 1 aromatic rings. The van der Waals surface area contributed by atoms with Crippen LogP contribution in [0.5, 0.6) is 5.75 Å². The van der Waals surface area contributed by atoms with Gasteiger partial charge in [-0.15, -0.1) is 0 Å². The van der Waals surface area contributed by atoms with E-state index in [2.05, 4.69) is 10.5 Å². The monoisotopic (exact) mass is 290 g/mol. The molecule has 1 amide bonds. The lowest BCUT2D eigenvalue weighted by molar-refractivity contribution is -0.121. The summed E-state index contributed by atoms with van der Waals surface area (Å²) in [4.78, 5) is 11.5. The van der Waals surface area contributed by atoms with E-state index < -0.39 is 0 Å². The second-order valence-electron chi connectivity index (χ2n) is 5.42. The fourth-order valence-corrected chi connectivity index (χ4v) is 1.92. The number of carbonyl (C=O) groups excluding carboxylic acids is 1. The molecule has 0 heterocycles. The molecular formula is C16H22N2O3. The molecule has 0 aliphatic heterocycles. The second-order valence-corrected chi connectivity index (χ2v) is 5.42. The maximum atomic E-state index is 11.5. The largest absolute Gasteiger partial charge is 0.493 e. The van der Waals surface area contributed by atoms with Crippen molar-refractivity contribution in [2.24, 2.45) is 5.16 Å². The number of hydrogen-bond donors (Lipinski definition) is 2. The average molecular weight is 290 g/mol. The van der Waals surface area contributed by atoms with Gasteiger partial charge in [0.1, 0.15) is 5.75 Å². The van der Waals surface area contributed by atoms with E-state index in [1.54, 1.807) is 6.92 Å². The Kier molecular flexibility index (Phi) is 5.60. The minimum atomic E-state index is 0.0629. The molecule has 1 aliphatic carbocycles. The third-order valence-corrected chi connectivity index (χ3v) is 3.41. The molecule has 0 aromatic heterocycles. The smallest absolute Gasteiger partial charge is 0.223 e. The van der Waals surface area contributed by atoms with Crippen LogP contribution in [0.25, 0.3) is 0 Å². The summed E-state index contributed by atoms with van der Waals surface area (Å²) in [5.74, 6) is 0.832. The number of nitrogens with one attached hydrogen (secondary N) is 1. The van der Waals surface area contributed by atoms with Gasteiger partial charge in [-0.3, -0.25) is 4.79 Å². The Morgan fingerprint density at radius 2 is 2.05 bits per heavy atom. The summed E-state index contributed by atoms with van der Waals surface area (Å²) >= 11 is 0. The van der Waals surface area contributed by atoms with E-state index in [0.29, 0.717) is 19.1 Å². The molecule has 0 saturated heterocycles. The highest BCUT2D eigenvalue weighted by Crippen LogP contribution is 2.18. The van der Waals surface area contributed by atoms with E-state index in [0.717, 1.165) is 42.7 Å². The van der Waals surface area contributed by atoms with Crippen LogP contribution < -0.4 is 10.1 Å². The van der Waals surface area contributed by atoms with Gasteiger partial charge >= 0.3 is 0 Å². The Morgan fingerprint density at radius 1 is 1.33 bits per heavy atom. The van der Waals surface area contributed by atoms with Crippen LogP contribution in [0.15, 0.2) is 29.4 Å². The molecule has 1 fully saturated rings. The molecular weight excluding hydrogens is 268 g/mol. The molecule has 21 heavy (non-hydrogen) atoms. The minimum Gasteiger partial charge on any atom is -0.493 e. The first kappa shape index (κ1) is 15.4. The molecule has 0 spiro atoms. The first-order chi connectivity index (χ1) is 10.2. The highest BCUT2D eigenvalue weighted by molar-refractivity contribution is 5.81. The first-order valence-electron chi connectivity index (χ1n) is 7.36. The molecule has 1 aromatic carbocycles. The molecule has 0 bridgehead atoms. The fraction of sp³-hybridized carbons (Fsp3) is 0.500. The van der Waals surface area contributed by atoms with Crippen molar-refractivity contribution in [2.45, 2.75) is 45.1 Å². The zero-order chi connectivity index (χ0) is 15.1. The highest BCUT2D eigenvalue weighted by atomic mass is 16.5. The van der Waals surface area contributed by atoms with Gasteiger partial charge in [0.25, 0.3) is 0 Å². The molecule has 0 atom stereocenters. The molecule has 5 heteroatoms. The Balaban J connectivity index is 1.67. The SMILES string of the molecule is C/C(CCc1ccc(OCCC(=O)NC2CC2)cc1)=N/O. The Labute approximate surface area is 125 Å². The van der Waals surface area contributed by atoms with Crippen LogP contribution in [0.4, 0.5) is 0 Å². The zero-order valence-electron chi connectivity index (χ0n) is 12.3. The number of rotatable bonds is 8. The van der Waals surface area contributed by atoms with E-state index >= 15 is 0 Å². The number of amides is 1. The minimum absolute atomic E-state index is 0.0629. The van der Waals surface area contributed by atoms with Gasteiger partial charge in [0.05, 0.1) is 18.7 Å². The van der Waals surface area contributed by atoms with Crippen molar-refractivity contribution >= 4 is 11.6 Å². The van der Waals surface area contributed by atoms with E-state index in [1.165, 1.54) is 0 Å². The van der Waals surface area contributed by atoms with Crippen LogP contribution in [0, 0.1) is 0 Å². The number of aryl methyl sites for hydroxylation is 1. The predicted octanol–water partition coefficient (Wildman–Crippen LogP) is 2.52. The molecule has 114 valence electrons. The van der Waals surface area contributed by atoms with Crippen LogP contribution in [0.1, 0.15) is 38.2 Å². The number of ether oxygens (including phenoxy) is 1. The normalized spacial score (nSPS) is 14.8. The lowest BCUT2D eigenvalue weighted by Gasteiger charge is -2.07. The molecule has 0 radical (unpaired) electrons. The Bertz CT molecular complexity index is 493. The van der Waals surface area contributed by atoms with Crippen molar-refractivity contribution < 1.29 is 14.7 Å². The van der Waals surface area contributed by atoms with E-state index in [-0.39, 0.29) is 5.91 Å². The second kappa shape index (κ2) is 7.67. The van der Waals surface area contributed by atoms with Crippen LogP contribution in [-0.2, 0) is 11.2 Å². The third-order valence-electron chi connectivity index (χ3n) is 3.41. The Morgan fingerprint density at radius 3 is 2.67 bits per heavy atom. The quantitative estimate of drug-likeness (QED) is 0.439. The molecule has 1 aliphatic rings. The lowest BCUT2D eigenvalue weighted by Crippen LogP contribution is -2.26. The summed E-state index contributed by atoms with van der Waals surface area (Å²) in [6, 6.07) is 8.19. The summed E-state index contributed by atoms with van der Waals surface area (Å²) in [5.41, 5.74) is 1.88. The fourth-order valence-electron chi connectivity index (χ4n) is 1.92. The van der Waals surface area contributed by atoms with Crippen molar-refractivity contribution in [1.29, 1.82) is 0 Å². The van der Waals surface area contributed by atoms with Gasteiger partial charge in [0.15, 0.2) is 0 Å². The van der Waals surface area contributed by atoms with Crippen molar-refractivity contribution in [1.82, 2.24) is 5.32 Å². The summed E-state index contributed by atoms with van der Waals surface area (Å²) < 4.78 is 5.56. The lowest BCUT2D eigenvalue weighted by atomic mass is 10.1. The number of hydrogen-bond acceptors (Lipinski definition) is 4. The van der Waals surface area contributed by atoms with Crippen molar-refractivity contribution in [3.63, 3.8) is 0 Å². The number of benzene rings is 1. The number of nitrogens with zero attached hydrogens (tertiary/aromatic N) is 1. The number of carbonyl (C=O) groups is 1. The van der Waals surface area contributed by atoms with Crippen LogP contribution in [-0.4, -0.2) is 29.5 Å². The summed E-state index contributed by atoms with van der Waals surface area (Å²) in [5, 5.41) is 14.7. The Hall–Kier alpha value is -2.04. The molecule has 1 saturated carbocycles. The van der Waals surface area contributed by atoms with Crippen LogP contribution in [0.3, 0.4) is 0 Å². The van der Waals surface area contributed by atoms with Gasteiger partial charge in [-0.25, -0.2) is 0 Å². The summed E-state index contributed by atoms with van der Waals surface area (Å²) in [7, 11) is 0. The van der Waals surface area contributed by atoms with Crippen molar-refractivity contribution in [3.8, 4) is 5.75 Å². The summed E-state index contributed by atoms with van der Waals surface area (Å²) in [6.07, 6.45) is 4.17. The van der Waals surface area contributed by atoms with Gasteiger partial charge < -0.3 is 15.3 Å². The van der Waals surface area contributed by atoms with Crippen LogP contribution >= 0.6 is 0 Å². The maximum Gasteiger partial charge on any atom is 0.223 e. The topological polar surface area (TPSA) is 70.9 Å². The van der Waals surface area contributed by atoms with Gasteiger partial charge in [-0.1, -0.05) is 17.3 Å². The molecule has 2 rings (SSSR count). The standard InChI is InChI=1S/C16H22N2O3/c1-12(18-20)2-3-13-4-8-15(9-5-13)21-11-10-16(19)17-14-6-7-14/h4-5,8-9,14,20H,2-3,6-7,10-11H2,1H3,(H,17,19)/b18-12-. The first-order valence-corrected chi connectivity index (χ1v) is 7.36. The highest BCUT2D eigenvalue weighted by Gasteiger charge is 2.22. The van der Waals surface area contributed by atoms with E-state index in [4.69, 9.17) is 9.94 Å². The third kappa shape index (κ3) is 5.85. The average Bonchev–Trinajstić information content (AvgIpc) is 3.30. The van der Waals surface area contributed by atoms with Gasteiger partial charge in [-0.2, -0.15) is 0 Å². The van der Waals surface area contributed by atoms with Crippen LogP contribution in [0.2, 0.25) is 0 Å². The molecule has 5 nitrogen and oxygen atoms in total.